The highest BCUT2D eigenvalue weighted by Gasteiger charge is 2.44. The molecule has 20 aromatic rings. The second-order valence-electron chi connectivity index (χ2n) is 26.2. The van der Waals surface area contributed by atoms with Crippen molar-refractivity contribution in [3.8, 4) is 61.6 Å². The van der Waals surface area contributed by atoms with Gasteiger partial charge in [-0.1, -0.05) is 206 Å². The highest BCUT2D eigenvalue weighted by molar-refractivity contribution is 7.26. The van der Waals surface area contributed by atoms with Gasteiger partial charge in [0, 0.05) is 118 Å². The number of hydrogen-bond donors (Lipinski definition) is 0. The second kappa shape index (κ2) is 20.3. The average Bonchev–Trinajstić information content (AvgIpc) is 1.64. The molecule has 2 aliphatic heterocycles. The van der Waals surface area contributed by atoms with Crippen molar-refractivity contribution in [2.45, 2.75) is 0 Å². The predicted molar refractivity (Wildman–Crippen MR) is 416 cm³/mol. The van der Waals surface area contributed by atoms with Crippen LogP contribution in [-0.2, 0) is 0 Å². The third-order valence-electron chi connectivity index (χ3n) is 21.2. The standard InChI is InChI=1S/C90H53BN4S2/c1-5-22-54(23-6-1)58-45-67(55-24-7-2-8-25-55)89(68(46-58)56-26-9-3-10-27-56)95-81-51-71-69-49-61(93-76-36-17-13-30-62(76)63-31-14-18-37-77(63)93)41-42-78(69)92(60-28-11-4-12-29-60)79(71)52-75(81)91-74-35-21-34-66-70-50-73-65-33-16-20-39-85(65)97-87(73)53-80(70)94(90(66)74)82-47-59(48-83(95)88(82)91)57-40-43-86-72(44-57)64-32-15-19-38-84(64)96-86/h1-53H. The maximum atomic E-state index is 2.73. The molecule has 0 unspecified atom stereocenters. The van der Waals surface area contributed by atoms with Crippen molar-refractivity contribution >= 4 is 169 Å². The smallest absolute Gasteiger partial charge is 0.252 e. The lowest BCUT2D eigenvalue weighted by Gasteiger charge is -2.42. The quantitative estimate of drug-likeness (QED) is 0.145. The van der Waals surface area contributed by atoms with Gasteiger partial charge in [-0.25, -0.2) is 0 Å². The van der Waals surface area contributed by atoms with Crippen LogP contribution >= 0.6 is 22.7 Å². The van der Waals surface area contributed by atoms with Crippen LogP contribution in [0, 0.1) is 0 Å². The largest absolute Gasteiger partial charge is 0.310 e. The Hall–Kier alpha value is -12.0. The van der Waals surface area contributed by atoms with Gasteiger partial charge in [0.25, 0.3) is 6.71 Å². The molecule has 0 spiro atoms. The van der Waals surface area contributed by atoms with Crippen LogP contribution in [-0.4, -0.2) is 20.4 Å². The number of benzene rings is 15. The molecule has 22 rings (SSSR count). The van der Waals surface area contributed by atoms with Gasteiger partial charge in [0.05, 0.1) is 33.3 Å². The topological polar surface area (TPSA) is 18.0 Å². The molecule has 0 bridgehead atoms. The highest BCUT2D eigenvalue weighted by atomic mass is 32.1. The van der Waals surface area contributed by atoms with Crippen molar-refractivity contribution in [3.63, 3.8) is 0 Å². The van der Waals surface area contributed by atoms with E-state index >= 15 is 0 Å². The van der Waals surface area contributed by atoms with E-state index in [4.69, 9.17) is 0 Å². The summed E-state index contributed by atoms with van der Waals surface area (Å²) < 4.78 is 12.9. The Morgan fingerprint density at radius 2 is 0.753 bits per heavy atom. The Labute approximate surface area is 566 Å². The van der Waals surface area contributed by atoms with Crippen molar-refractivity contribution in [1.29, 1.82) is 0 Å². The molecular weight excluding hydrogens is 1210 g/mol. The Kier molecular flexibility index (Phi) is 11.2. The molecule has 0 saturated heterocycles. The molecule has 5 aromatic heterocycles. The first-order chi connectivity index (χ1) is 48.1. The summed E-state index contributed by atoms with van der Waals surface area (Å²) in [6.45, 7) is -0.181. The number of nitrogens with zero attached hydrogens (tertiary/aromatic N) is 4. The Balaban J connectivity index is 0.930. The fourth-order valence-electron chi connectivity index (χ4n) is 17.0. The maximum absolute atomic E-state index is 2.73. The first kappa shape index (κ1) is 53.4. The van der Waals surface area contributed by atoms with Crippen molar-refractivity contribution in [2.75, 3.05) is 4.90 Å². The summed E-state index contributed by atoms with van der Waals surface area (Å²) >= 11 is 3.77. The summed E-state index contributed by atoms with van der Waals surface area (Å²) in [7, 11) is 0. The molecule has 7 heterocycles. The monoisotopic (exact) mass is 1260 g/mol. The number of anilines is 3. The van der Waals surface area contributed by atoms with Gasteiger partial charge in [0.15, 0.2) is 0 Å². The number of para-hydroxylation sites is 4. The molecule has 0 aliphatic carbocycles. The Morgan fingerprint density at radius 1 is 0.237 bits per heavy atom. The van der Waals surface area contributed by atoms with Gasteiger partial charge >= 0.3 is 0 Å². The minimum atomic E-state index is -0.181. The number of fused-ring (bicyclic) bond motifs is 19. The molecule has 0 fully saturated rings. The van der Waals surface area contributed by atoms with E-state index in [9.17, 15) is 0 Å². The molecule has 2 aliphatic rings. The molecule has 15 aromatic carbocycles. The molecule has 0 amide bonds. The van der Waals surface area contributed by atoms with Crippen LogP contribution in [0.15, 0.2) is 322 Å². The third-order valence-corrected chi connectivity index (χ3v) is 23.4. The Morgan fingerprint density at radius 3 is 1.44 bits per heavy atom. The molecule has 0 N–H and O–H groups in total. The minimum Gasteiger partial charge on any atom is -0.310 e. The summed E-state index contributed by atoms with van der Waals surface area (Å²) in [5, 5.41) is 12.6. The molecule has 0 radical (unpaired) electrons. The van der Waals surface area contributed by atoms with Crippen LogP contribution in [0.2, 0.25) is 0 Å². The van der Waals surface area contributed by atoms with Crippen LogP contribution in [0.25, 0.3) is 167 Å². The predicted octanol–water partition coefficient (Wildman–Crippen LogP) is 23.0. The van der Waals surface area contributed by atoms with Crippen LogP contribution < -0.4 is 21.3 Å². The summed E-state index contributed by atoms with van der Waals surface area (Å²) in [5.74, 6) is 0. The summed E-state index contributed by atoms with van der Waals surface area (Å²) in [6.07, 6.45) is 0. The van der Waals surface area contributed by atoms with Crippen molar-refractivity contribution in [3.05, 3.63) is 322 Å². The lowest BCUT2D eigenvalue weighted by atomic mass is 9.33. The number of hydrogen-bond acceptors (Lipinski definition) is 3. The molecule has 4 nitrogen and oxygen atoms in total. The lowest BCUT2D eigenvalue weighted by molar-refractivity contribution is 1.16. The lowest BCUT2D eigenvalue weighted by Crippen LogP contribution is -2.60. The summed E-state index contributed by atoms with van der Waals surface area (Å²) in [6, 6.07) is 122. The van der Waals surface area contributed by atoms with Crippen molar-refractivity contribution in [2.24, 2.45) is 0 Å². The van der Waals surface area contributed by atoms with Gasteiger partial charge in [0.1, 0.15) is 0 Å². The van der Waals surface area contributed by atoms with Gasteiger partial charge in [-0.05, 0) is 165 Å². The van der Waals surface area contributed by atoms with Gasteiger partial charge in [0.2, 0.25) is 0 Å². The van der Waals surface area contributed by atoms with E-state index in [1.54, 1.807) is 0 Å². The van der Waals surface area contributed by atoms with E-state index < -0.39 is 0 Å². The van der Waals surface area contributed by atoms with Crippen LogP contribution in [0.5, 0.6) is 0 Å². The van der Waals surface area contributed by atoms with Gasteiger partial charge in [-0.2, -0.15) is 0 Å². The van der Waals surface area contributed by atoms with E-state index in [1.165, 1.54) is 128 Å². The normalized spacial score (nSPS) is 12.7. The van der Waals surface area contributed by atoms with E-state index in [1.807, 2.05) is 22.7 Å². The van der Waals surface area contributed by atoms with Crippen LogP contribution in [0.3, 0.4) is 0 Å². The first-order valence-electron chi connectivity index (χ1n) is 33.4. The Bertz CT molecular complexity index is 6640. The summed E-state index contributed by atoms with van der Waals surface area (Å²) in [4.78, 5) is 2.73. The fraction of sp³-hybridized carbons (Fsp3) is 0. The van der Waals surface area contributed by atoms with Gasteiger partial charge in [-0.15, -0.1) is 22.7 Å². The first-order valence-corrected chi connectivity index (χ1v) is 35.0. The zero-order valence-corrected chi connectivity index (χ0v) is 53.9. The zero-order chi connectivity index (χ0) is 63.1. The third kappa shape index (κ3) is 7.64. The maximum Gasteiger partial charge on any atom is 0.252 e. The molecule has 448 valence electrons. The second-order valence-corrected chi connectivity index (χ2v) is 28.4. The van der Waals surface area contributed by atoms with Gasteiger partial charge in [-0.3, -0.25) is 0 Å². The highest BCUT2D eigenvalue weighted by Crippen LogP contribution is 2.53. The van der Waals surface area contributed by atoms with Crippen molar-refractivity contribution < 1.29 is 0 Å². The number of rotatable bonds is 7. The zero-order valence-electron chi connectivity index (χ0n) is 52.3. The fourth-order valence-corrected chi connectivity index (χ4v) is 19.2. The van der Waals surface area contributed by atoms with Crippen LogP contribution in [0.4, 0.5) is 17.1 Å². The van der Waals surface area contributed by atoms with E-state index in [2.05, 4.69) is 340 Å². The average molecular weight is 1270 g/mol. The minimum absolute atomic E-state index is 0.181. The molecule has 97 heavy (non-hydrogen) atoms. The van der Waals surface area contributed by atoms with E-state index in [-0.39, 0.29) is 6.71 Å². The number of aromatic nitrogens is 3. The molecule has 7 heteroatoms. The van der Waals surface area contributed by atoms with E-state index in [0.717, 1.165) is 72.9 Å². The summed E-state index contributed by atoms with van der Waals surface area (Å²) in [5.41, 5.74) is 27.1. The molecule has 0 saturated carbocycles. The van der Waals surface area contributed by atoms with E-state index in [0.29, 0.717) is 0 Å². The van der Waals surface area contributed by atoms with Gasteiger partial charge < -0.3 is 18.6 Å². The molecule has 0 atom stereocenters. The SMILES string of the molecule is c1ccc(-c2cc(-c3ccccc3)c(N3c4cc5c6cc(-n7c8ccccc8c8ccccc87)ccc6n(-c6ccccc6)c5cc4B4c5c3cc(-c3ccc6sc7ccccc7c6c3)cc5-n3c5cc6sc7ccccc7c6cc5c5cccc4c53)c(-c3ccccc3)c2)cc1. The van der Waals surface area contributed by atoms with Crippen molar-refractivity contribution in [1.82, 2.24) is 13.7 Å². The van der Waals surface area contributed by atoms with Crippen LogP contribution in [0.1, 0.15) is 0 Å². The number of thiophene rings is 2. The molecular formula is C90H53BN4S2.